The van der Waals surface area contributed by atoms with Crippen LogP contribution in [0.25, 0.3) is 10.9 Å². The minimum Gasteiger partial charge on any atom is -0.481 e. The summed E-state index contributed by atoms with van der Waals surface area (Å²) in [7, 11) is 0. The number of nitrogens with two attached hydrogens (primary N) is 2. The third kappa shape index (κ3) is 9.90. The predicted molar refractivity (Wildman–Crippen MR) is 148 cm³/mol. The van der Waals surface area contributed by atoms with E-state index < -0.39 is 72.6 Å². The first kappa shape index (κ1) is 32.8. The lowest BCUT2D eigenvalue weighted by molar-refractivity contribution is -0.143. The van der Waals surface area contributed by atoms with E-state index in [1.54, 1.807) is 13.1 Å². The summed E-state index contributed by atoms with van der Waals surface area (Å²) in [6, 6.07) is 2.28. The van der Waals surface area contributed by atoms with Gasteiger partial charge in [0.1, 0.15) is 18.1 Å². The van der Waals surface area contributed by atoms with Gasteiger partial charge in [0.25, 0.3) is 0 Å². The molecule has 0 saturated heterocycles. The van der Waals surface area contributed by atoms with Crippen LogP contribution in [-0.4, -0.2) is 74.9 Å². The Morgan fingerprint density at radius 3 is 2.07 bits per heavy atom. The number of rotatable bonds is 17. The average Bonchev–Trinajstić information content (AvgIpc) is 3.33. The van der Waals surface area contributed by atoms with Crippen LogP contribution in [0.15, 0.2) is 30.5 Å². The van der Waals surface area contributed by atoms with Gasteiger partial charge >= 0.3 is 11.9 Å². The number of hydrogen-bond donors (Lipinski definition) is 8. The largest absolute Gasteiger partial charge is 0.481 e. The molecule has 14 nitrogen and oxygen atoms in total. The van der Waals surface area contributed by atoms with E-state index in [1.807, 2.05) is 31.2 Å². The van der Waals surface area contributed by atoms with Crippen LogP contribution >= 0.6 is 0 Å². The van der Waals surface area contributed by atoms with Crippen LogP contribution < -0.4 is 27.4 Å². The van der Waals surface area contributed by atoms with E-state index in [0.717, 1.165) is 10.9 Å². The SMILES string of the molecule is CCC(C)C(N)C(=O)NC(Cc1c[nH]c2ccccc12)C(=O)NC(CCC(N)=O)C(=O)NC(CCC(=O)O)C(=O)O. The number of aromatic amines is 1. The summed E-state index contributed by atoms with van der Waals surface area (Å²) in [6.45, 7) is 3.67. The Morgan fingerprint density at radius 1 is 0.878 bits per heavy atom. The van der Waals surface area contributed by atoms with Crippen LogP contribution in [0.2, 0.25) is 0 Å². The number of para-hydroxylation sites is 1. The fraction of sp³-hybridized carbons (Fsp3) is 0.481. The Hall–Kier alpha value is -4.46. The number of carboxylic acid groups (broad SMARTS) is 2. The fourth-order valence-electron chi connectivity index (χ4n) is 4.14. The fourth-order valence-corrected chi connectivity index (χ4v) is 4.14. The summed E-state index contributed by atoms with van der Waals surface area (Å²) < 4.78 is 0. The molecule has 10 N–H and O–H groups in total. The first-order valence-corrected chi connectivity index (χ1v) is 13.3. The Labute approximate surface area is 236 Å². The van der Waals surface area contributed by atoms with Crippen molar-refractivity contribution >= 4 is 46.5 Å². The van der Waals surface area contributed by atoms with E-state index in [1.165, 1.54) is 0 Å². The number of hydrogen-bond acceptors (Lipinski definition) is 7. The third-order valence-electron chi connectivity index (χ3n) is 6.87. The molecule has 224 valence electrons. The third-order valence-corrected chi connectivity index (χ3v) is 6.87. The van der Waals surface area contributed by atoms with Crippen LogP contribution in [0.5, 0.6) is 0 Å². The molecular weight excluding hydrogens is 536 g/mol. The number of carbonyl (C=O) groups excluding carboxylic acids is 4. The standard InChI is InChI=1S/C27H38N6O8/c1-3-14(2)23(29)26(39)33-20(12-15-13-30-17-7-5-4-6-16(15)17)25(38)31-18(8-10-21(28)34)24(37)32-19(27(40)41)9-11-22(35)36/h4-7,13-14,18-20,23,30H,3,8-12,29H2,1-2H3,(H2,28,34)(H,31,38)(H,32,37)(H,33,39)(H,35,36)(H,40,41). The van der Waals surface area contributed by atoms with Crippen LogP contribution in [0, 0.1) is 5.92 Å². The van der Waals surface area contributed by atoms with Crippen molar-refractivity contribution in [2.75, 3.05) is 0 Å². The van der Waals surface area contributed by atoms with E-state index in [2.05, 4.69) is 20.9 Å². The normalized spacial score (nSPS) is 14.7. The Bertz CT molecular complexity index is 1260. The maximum atomic E-state index is 13.5. The van der Waals surface area contributed by atoms with Gasteiger partial charge in [0.2, 0.25) is 23.6 Å². The molecule has 0 saturated carbocycles. The summed E-state index contributed by atoms with van der Waals surface area (Å²) in [5.41, 5.74) is 12.8. The monoisotopic (exact) mass is 574 g/mol. The van der Waals surface area contributed by atoms with Crippen molar-refractivity contribution in [1.29, 1.82) is 0 Å². The highest BCUT2D eigenvalue weighted by Gasteiger charge is 2.32. The zero-order chi connectivity index (χ0) is 30.7. The molecule has 5 atom stereocenters. The van der Waals surface area contributed by atoms with Gasteiger partial charge < -0.3 is 42.6 Å². The van der Waals surface area contributed by atoms with E-state index in [-0.39, 0.29) is 25.2 Å². The summed E-state index contributed by atoms with van der Waals surface area (Å²) in [5.74, 6) is -5.97. The number of benzene rings is 1. The van der Waals surface area contributed by atoms with Crippen LogP contribution in [-0.2, 0) is 35.2 Å². The van der Waals surface area contributed by atoms with Gasteiger partial charge in [0.05, 0.1) is 6.04 Å². The van der Waals surface area contributed by atoms with Gasteiger partial charge in [-0.05, 0) is 30.4 Å². The molecule has 2 aromatic rings. The lowest BCUT2D eigenvalue weighted by Crippen LogP contribution is -2.58. The molecule has 0 spiro atoms. The van der Waals surface area contributed by atoms with Crippen molar-refractivity contribution in [1.82, 2.24) is 20.9 Å². The zero-order valence-corrected chi connectivity index (χ0v) is 23.0. The molecule has 41 heavy (non-hydrogen) atoms. The first-order valence-electron chi connectivity index (χ1n) is 13.3. The van der Waals surface area contributed by atoms with Gasteiger partial charge in [-0.1, -0.05) is 38.5 Å². The van der Waals surface area contributed by atoms with Gasteiger partial charge in [-0.3, -0.25) is 24.0 Å². The van der Waals surface area contributed by atoms with Gasteiger partial charge in [0.15, 0.2) is 0 Å². The second kappa shape index (κ2) is 15.4. The lowest BCUT2D eigenvalue weighted by atomic mass is 9.98. The number of nitrogens with one attached hydrogen (secondary N) is 4. The number of fused-ring (bicyclic) bond motifs is 1. The quantitative estimate of drug-likeness (QED) is 0.124. The number of carbonyl (C=O) groups is 6. The number of aromatic nitrogens is 1. The lowest BCUT2D eigenvalue weighted by Gasteiger charge is -2.26. The van der Waals surface area contributed by atoms with E-state index in [9.17, 15) is 33.9 Å². The highest BCUT2D eigenvalue weighted by atomic mass is 16.4. The molecular formula is C27H38N6O8. The highest BCUT2D eigenvalue weighted by molar-refractivity contribution is 5.95. The maximum Gasteiger partial charge on any atom is 0.326 e. The molecule has 0 aliphatic rings. The molecule has 4 amide bonds. The van der Waals surface area contributed by atoms with Crippen molar-refractivity contribution in [3.05, 3.63) is 36.0 Å². The maximum absolute atomic E-state index is 13.5. The van der Waals surface area contributed by atoms with Gasteiger partial charge in [-0.2, -0.15) is 0 Å². The molecule has 0 radical (unpaired) electrons. The second-order valence-corrected chi connectivity index (χ2v) is 9.93. The molecule has 2 rings (SSSR count). The molecule has 0 bridgehead atoms. The summed E-state index contributed by atoms with van der Waals surface area (Å²) in [6.07, 6.45) is 0.834. The molecule has 0 aliphatic heterocycles. The molecule has 0 aliphatic carbocycles. The van der Waals surface area contributed by atoms with Crippen molar-refractivity contribution < 1.29 is 39.0 Å². The van der Waals surface area contributed by atoms with Crippen molar-refractivity contribution in [3.63, 3.8) is 0 Å². The van der Waals surface area contributed by atoms with E-state index >= 15 is 0 Å². The number of carboxylic acids is 2. The highest BCUT2D eigenvalue weighted by Crippen LogP contribution is 2.19. The molecule has 0 fully saturated rings. The average molecular weight is 575 g/mol. The van der Waals surface area contributed by atoms with Crippen molar-refractivity contribution in [2.24, 2.45) is 17.4 Å². The summed E-state index contributed by atoms with van der Waals surface area (Å²) >= 11 is 0. The predicted octanol–water partition coefficient (Wildman–Crippen LogP) is -0.247. The Morgan fingerprint density at radius 2 is 1.46 bits per heavy atom. The number of primary amides is 1. The van der Waals surface area contributed by atoms with E-state index in [4.69, 9.17) is 16.6 Å². The summed E-state index contributed by atoms with van der Waals surface area (Å²) in [5, 5.41) is 26.5. The Kier molecular flexibility index (Phi) is 12.3. The van der Waals surface area contributed by atoms with Crippen molar-refractivity contribution in [3.8, 4) is 0 Å². The van der Waals surface area contributed by atoms with Gasteiger partial charge in [-0.25, -0.2) is 4.79 Å². The molecule has 1 aromatic carbocycles. The molecule has 1 aromatic heterocycles. The van der Waals surface area contributed by atoms with Crippen LogP contribution in [0.1, 0.15) is 51.5 Å². The number of aliphatic carboxylic acids is 2. The summed E-state index contributed by atoms with van der Waals surface area (Å²) in [4.78, 5) is 76.5. The van der Waals surface area contributed by atoms with Gasteiger partial charge in [-0.15, -0.1) is 0 Å². The van der Waals surface area contributed by atoms with Crippen LogP contribution in [0.3, 0.4) is 0 Å². The molecule has 1 heterocycles. The first-order chi connectivity index (χ1) is 19.3. The topological polar surface area (TPSA) is 247 Å². The molecule has 5 unspecified atom stereocenters. The smallest absolute Gasteiger partial charge is 0.326 e. The van der Waals surface area contributed by atoms with Crippen molar-refractivity contribution in [2.45, 2.75) is 76.5 Å². The van der Waals surface area contributed by atoms with E-state index in [0.29, 0.717) is 12.0 Å². The van der Waals surface area contributed by atoms with Gasteiger partial charge in [0, 0.05) is 36.4 Å². The minimum atomic E-state index is -1.55. The Balaban J connectivity index is 2.32. The number of amides is 4. The zero-order valence-electron chi connectivity index (χ0n) is 23.0. The second-order valence-electron chi connectivity index (χ2n) is 9.93. The molecule has 14 heteroatoms. The van der Waals surface area contributed by atoms with Crippen LogP contribution in [0.4, 0.5) is 0 Å². The minimum absolute atomic E-state index is 0.0231. The number of H-pyrrole nitrogens is 1.